The van der Waals surface area contributed by atoms with Gasteiger partial charge in [-0.15, -0.1) is 13.2 Å². The Balaban J connectivity index is 1.86. The van der Waals surface area contributed by atoms with E-state index in [0.29, 0.717) is 6.54 Å². The molecule has 1 saturated heterocycles. The van der Waals surface area contributed by atoms with Gasteiger partial charge >= 0.3 is 6.36 Å². The maximum atomic E-state index is 12.3. The van der Waals surface area contributed by atoms with E-state index in [1.165, 1.54) is 18.5 Å². The van der Waals surface area contributed by atoms with Crippen molar-refractivity contribution in [3.8, 4) is 5.75 Å². The average Bonchev–Trinajstić information content (AvgIpc) is 2.98. The Kier molecular flexibility index (Phi) is 3.79. The second kappa shape index (κ2) is 5.52. The quantitative estimate of drug-likeness (QED) is 0.866. The van der Waals surface area contributed by atoms with E-state index in [-0.39, 0.29) is 17.8 Å². The molecule has 5 nitrogen and oxygen atoms in total. The Hall–Kier alpha value is -2.09. The summed E-state index contributed by atoms with van der Waals surface area (Å²) in [6.45, 7) is 4.45. The fourth-order valence-electron chi connectivity index (χ4n) is 2.95. The van der Waals surface area contributed by atoms with E-state index in [1.807, 2.05) is 13.8 Å². The Morgan fingerprint density at radius 3 is 2.43 bits per heavy atom. The number of nitrogens with zero attached hydrogens (tertiary/aromatic N) is 3. The zero-order valence-electron chi connectivity index (χ0n) is 12.6. The Bertz CT molecular complexity index is 658. The van der Waals surface area contributed by atoms with Crippen LogP contribution in [0.25, 0.3) is 0 Å². The molecule has 0 bridgehead atoms. The van der Waals surface area contributed by atoms with Gasteiger partial charge in [0.25, 0.3) is 0 Å². The monoisotopic (exact) mass is 327 g/mol. The van der Waals surface area contributed by atoms with E-state index >= 15 is 0 Å². The van der Waals surface area contributed by atoms with Crippen molar-refractivity contribution < 1.29 is 22.6 Å². The molecule has 3 atom stereocenters. The lowest BCUT2D eigenvalue weighted by Gasteiger charge is -2.53. The molecule has 0 radical (unpaired) electrons. The van der Waals surface area contributed by atoms with Gasteiger partial charge in [0.05, 0.1) is 12.6 Å². The maximum Gasteiger partial charge on any atom is 0.573 e. The normalized spacial score (nSPS) is 27.5. The van der Waals surface area contributed by atoms with Gasteiger partial charge in [0.1, 0.15) is 24.0 Å². The summed E-state index contributed by atoms with van der Waals surface area (Å²) in [5.41, 5.74) is 0.150. The molecule has 0 aliphatic carbocycles. The van der Waals surface area contributed by atoms with Crippen LogP contribution < -0.4 is 4.74 Å². The van der Waals surface area contributed by atoms with Crippen LogP contribution in [-0.4, -0.2) is 27.2 Å². The zero-order chi connectivity index (χ0) is 16.7. The van der Waals surface area contributed by atoms with Crippen molar-refractivity contribution in [3.05, 3.63) is 42.5 Å². The summed E-state index contributed by atoms with van der Waals surface area (Å²) in [5, 5.41) is 4.09. The minimum Gasteiger partial charge on any atom is -0.406 e. The molecule has 1 aliphatic heterocycles. The lowest BCUT2D eigenvalue weighted by Crippen LogP contribution is -2.57. The maximum absolute atomic E-state index is 12.3. The number of rotatable bonds is 4. The summed E-state index contributed by atoms with van der Waals surface area (Å²) in [6.07, 6.45) is -1.62. The molecule has 0 spiro atoms. The van der Waals surface area contributed by atoms with Gasteiger partial charge in [-0.25, -0.2) is 9.67 Å². The highest BCUT2D eigenvalue weighted by Crippen LogP contribution is 2.48. The first-order chi connectivity index (χ1) is 10.8. The van der Waals surface area contributed by atoms with Crippen molar-refractivity contribution in [2.75, 3.05) is 0 Å². The summed E-state index contributed by atoms with van der Waals surface area (Å²) in [4.78, 5) is 3.91. The minimum absolute atomic E-state index is 0.0598. The molecule has 3 rings (SSSR count). The Morgan fingerprint density at radius 1 is 1.26 bits per heavy atom. The summed E-state index contributed by atoms with van der Waals surface area (Å²) < 4.78 is 48.3. The number of alkyl halides is 3. The Morgan fingerprint density at radius 2 is 1.96 bits per heavy atom. The number of halogens is 3. The lowest BCUT2D eigenvalue weighted by atomic mass is 9.74. The molecule has 0 saturated carbocycles. The highest BCUT2D eigenvalue weighted by molar-refractivity contribution is 5.33. The van der Waals surface area contributed by atoms with Crippen molar-refractivity contribution in [3.63, 3.8) is 0 Å². The van der Waals surface area contributed by atoms with E-state index in [4.69, 9.17) is 4.74 Å². The zero-order valence-corrected chi connectivity index (χ0v) is 12.6. The number of hydrogen-bond donors (Lipinski definition) is 0. The third kappa shape index (κ3) is 3.03. The van der Waals surface area contributed by atoms with E-state index in [0.717, 1.165) is 5.56 Å². The minimum atomic E-state index is -4.70. The van der Waals surface area contributed by atoms with Crippen LogP contribution in [0.2, 0.25) is 0 Å². The predicted molar refractivity (Wildman–Crippen MR) is 74.5 cm³/mol. The largest absolute Gasteiger partial charge is 0.573 e. The number of aromatic nitrogens is 3. The van der Waals surface area contributed by atoms with Crippen molar-refractivity contribution >= 4 is 0 Å². The summed E-state index contributed by atoms with van der Waals surface area (Å²) in [6, 6.07) is 5.79. The molecule has 0 N–H and O–H groups in total. The third-order valence-corrected chi connectivity index (χ3v) is 4.28. The fraction of sp³-hybridized carbons (Fsp3) is 0.467. The van der Waals surface area contributed by atoms with Crippen molar-refractivity contribution in [2.45, 2.75) is 38.5 Å². The number of benzene rings is 1. The van der Waals surface area contributed by atoms with Gasteiger partial charge in [-0.1, -0.05) is 19.1 Å². The first-order valence-electron chi connectivity index (χ1n) is 7.17. The number of hydrogen-bond acceptors (Lipinski definition) is 4. The number of ether oxygens (including phenoxy) is 2. The van der Waals surface area contributed by atoms with E-state index in [2.05, 4.69) is 14.8 Å². The highest BCUT2D eigenvalue weighted by atomic mass is 19.4. The van der Waals surface area contributed by atoms with Gasteiger partial charge in [-0.05, 0) is 24.6 Å². The first-order valence-corrected chi connectivity index (χ1v) is 7.17. The topological polar surface area (TPSA) is 49.2 Å². The molecule has 124 valence electrons. The van der Waals surface area contributed by atoms with Crippen LogP contribution in [0.5, 0.6) is 5.75 Å². The van der Waals surface area contributed by atoms with Gasteiger partial charge in [0.15, 0.2) is 0 Å². The van der Waals surface area contributed by atoms with Gasteiger partial charge in [-0.3, -0.25) is 0 Å². The van der Waals surface area contributed by atoms with Gasteiger partial charge < -0.3 is 9.47 Å². The molecule has 1 aromatic heterocycles. The molecular weight excluding hydrogens is 311 g/mol. The van der Waals surface area contributed by atoms with Crippen molar-refractivity contribution in [1.82, 2.24) is 14.8 Å². The van der Waals surface area contributed by atoms with Crippen LogP contribution in [0, 0.1) is 5.92 Å². The van der Waals surface area contributed by atoms with Gasteiger partial charge in [0.2, 0.25) is 0 Å². The second-order valence-electron chi connectivity index (χ2n) is 5.67. The molecule has 1 aromatic carbocycles. The molecule has 2 heterocycles. The first kappa shape index (κ1) is 15.8. The average molecular weight is 327 g/mol. The van der Waals surface area contributed by atoms with Crippen LogP contribution >= 0.6 is 0 Å². The van der Waals surface area contributed by atoms with E-state index < -0.39 is 12.0 Å². The summed E-state index contributed by atoms with van der Waals surface area (Å²) in [7, 11) is 0. The smallest absolute Gasteiger partial charge is 0.406 e. The van der Waals surface area contributed by atoms with Crippen LogP contribution in [0.15, 0.2) is 36.9 Å². The fourth-order valence-corrected chi connectivity index (χ4v) is 2.95. The molecule has 8 heteroatoms. The molecule has 0 amide bonds. The standard InChI is InChI=1S/C15H16F3N3O2/c1-10-11(2)22-14(10,7-21-9-19-8-20-21)12-3-5-13(6-4-12)23-15(16,17)18/h3-6,8-11H,7H2,1-2H3/t10-,11+,14+/m0/s1. The van der Waals surface area contributed by atoms with E-state index in [1.54, 1.807) is 23.1 Å². The summed E-state index contributed by atoms with van der Waals surface area (Å²) in [5.74, 6) is -0.0711. The van der Waals surface area contributed by atoms with Crippen LogP contribution in [0.1, 0.15) is 19.4 Å². The third-order valence-electron chi connectivity index (χ3n) is 4.28. The van der Waals surface area contributed by atoms with E-state index in [9.17, 15) is 13.2 Å². The molecule has 1 fully saturated rings. The van der Waals surface area contributed by atoms with Crippen molar-refractivity contribution in [1.29, 1.82) is 0 Å². The summed E-state index contributed by atoms with van der Waals surface area (Å²) >= 11 is 0. The predicted octanol–water partition coefficient (Wildman–Crippen LogP) is 3.13. The molecule has 2 aromatic rings. The Labute approximate surface area is 131 Å². The SMILES string of the molecule is C[C@H]1O[C@@](Cn2cncn2)(c2ccc(OC(F)(F)F)cc2)[C@H]1C. The molecule has 0 unspecified atom stereocenters. The molecular formula is C15H16F3N3O2. The van der Waals surface area contributed by atoms with Crippen molar-refractivity contribution in [2.24, 2.45) is 5.92 Å². The second-order valence-corrected chi connectivity index (χ2v) is 5.67. The van der Waals surface area contributed by atoms with Crippen LogP contribution in [0.4, 0.5) is 13.2 Å². The van der Waals surface area contributed by atoms with Crippen LogP contribution in [-0.2, 0) is 16.9 Å². The highest BCUT2D eigenvalue weighted by Gasteiger charge is 2.52. The van der Waals surface area contributed by atoms with Crippen LogP contribution in [0.3, 0.4) is 0 Å². The molecule has 1 aliphatic rings. The molecule has 23 heavy (non-hydrogen) atoms. The van der Waals surface area contributed by atoms with Gasteiger partial charge in [-0.2, -0.15) is 5.10 Å². The van der Waals surface area contributed by atoms with Gasteiger partial charge in [0, 0.05) is 5.92 Å². The lowest BCUT2D eigenvalue weighted by molar-refractivity contribution is -0.274.